The number of carbonyl (C=O) groups is 1. The molecule has 1 aromatic rings. The minimum Gasteiger partial charge on any atom is -0.399 e. The highest BCUT2D eigenvalue weighted by Crippen LogP contribution is 2.12. The molecule has 8 heteroatoms. The fraction of sp³-hybridized carbons (Fsp3) is 0.375. The Balaban J connectivity index is 2.99. The third-order valence-corrected chi connectivity index (χ3v) is 3.07. The number of benzene rings is 1. The zero-order chi connectivity index (χ0) is 17.9. The van der Waals surface area contributed by atoms with Gasteiger partial charge in [-0.2, -0.15) is 0 Å². The Morgan fingerprint density at radius 2 is 1.67 bits per heavy atom. The number of nitrogens with zero attached hydrogens (tertiary/aromatic N) is 3. The summed E-state index contributed by atoms with van der Waals surface area (Å²) in [6.45, 7) is 3.67. The van der Waals surface area contributed by atoms with Gasteiger partial charge in [0.15, 0.2) is 5.71 Å². The van der Waals surface area contributed by atoms with Crippen molar-refractivity contribution in [2.24, 2.45) is 15.5 Å². The number of amides is 1. The van der Waals surface area contributed by atoms with Gasteiger partial charge in [-0.05, 0) is 13.8 Å². The first-order chi connectivity index (χ1) is 11.5. The molecule has 0 aromatic heterocycles. The number of hydrogen-bond acceptors (Lipinski definition) is 7. The third-order valence-electron chi connectivity index (χ3n) is 3.07. The Morgan fingerprint density at radius 3 is 2.29 bits per heavy atom. The van der Waals surface area contributed by atoms with Crippen LogP contribution >= 0.6 is 0 Å². The fourth-order valence-corrected chi connectivity index (χ4v) is 1.77. The van der Waals surface area contributed by atoms with Crippen molar-refractivity contribution in [2.75, 3.05) is 21.3 Å². The number of carbonyl (C=O) groups excluding carboxylic acids is 1. The molecular formula is C16H22N4O4. The molecule has 0 radical (unpaired) electrons. The average molecular weight is 334 g/mol. The highest BCUT2D eigenvalue weighted by Gasteiger charge is 2.17. The van der Waals surface area contributed by atoms with Crippen molar-refractivity contribution in [3.8, 4) is 0 Å². The molecular weight excluding hydrogens is 312 g/mol. The molecule has 0 unspecified atom stereocenters. The molecule has 130 valence electrons. The van der Waals surface area contributed by atoms with Gasteiger partial charge in [0.05, 0.1) is 0 Å². The first kappa shape index (κ1) is 19.1. The number of oxime groups is 3. The maximum atomic E-state index is 12.0. The van der Waals surface area contributed by atoms with Crippen molar-refractivity contribution in [3.05, 3.63) is 35.4 Å². The third kappa shape index (κ3) is 5.38. The van der Waals surface area contributed by atoms with E-state index in [1.807, 2.05) is 12.1 Å². The lowest BCUT2D eigenvalue weighted by Crippen LogP contribution is -2.29. The van der Waals surface area contributed by atoms with E-state index in [1.54, 1.807) is 26.0 Å². The Morgan fingerprint density at radius 1 is 1.04 bits per heavy atom. The van der Waals surface area contributed by atoms with Crippen molar-refractivity contribution in [3.63, 3.8) is 0 Å². The van der Waals surface area contributed by atoms with Gasteiger partial charge in [-0.15, -0.1) is 0 Å². The summed E-state index contributed by atoms with van der Waals surface area (Å²) in [5.41, 5.74) is 2.71. The second-order valence-corrected chi connectivity index (χ2v) is 4.67. The van der Waals surface area contributed by atoms with Crippen molar-refractivity contribution in [2.45, 2.75) is 20.5 Å². The van der Waals surface area contributed by atoms with E-state index in [0.717, 1.165) is 5.56 Å². The summed E-state index contributed by atoms with van der Waals surface area (Å²) in [5, 5.41) is 14.1. The van der Waals surface area contributed by atoms with Gasteiger partial charge in [0, 0.05) is 18.2 Å². The molecule has 0 aliphatic carbocycles. The van der Waals surface area contributed by atoms with E-state index in [4.69, 9.17) is 9.68 Å². The van der Waals surface area contributed by atoms with Gasteiger partial charge in [-0.3, -0.25) is 4.79 Å². The Labute approximate surface area is 141 Å². The predicted octanol–water partition coefficient (Wildman–Crippen LogP) is 1.70. The van der Waals surface area contributed by atoms with Crippen molar-refractivity contribution >= 4 is 23.0 Å². The van der Waals surface area contributed by atoms with Crippen LogP contribution in [-0.4, -0.2) is 44.3 Å². The quantitative estimate of drug-likeness (QED) is 0.578. The Kier molecular flexibility index (Phi) is 7.97. The first-order valence-corrected chi connectivity index (χ1v) is 7.21. The average Bonchev–Trinajstić information content (AvgIpc) is 2.59. The number of nitrogens with one attached hydrogen (secondary N) is 1. The Bertz CT molecular complexity index is 653. The lowest BCUT2D eigenvalue weighted by molar-refractivity contribution is -0.114. The van der Waals surface area contributed by atoms with E-state index < -0.39 is 0 Å². The van der Waals surface area contributed by atoms with Gasteiger partial charge < -0.3 is 19.8 Å². The van der Waals surface area contributed by atoms with Crippen LogP contribution in [0.3, 0.4) is 0 Å². The van der Waals surface area contributed by atoms with Crippen LogP contribution in [0.25, 0.3) is 0 Å². The summed E-state index contributed by atoms with van der Waals surface area (Å²) in [4.78, 5) is 26.8. The van der Waals surface area contributed by atoms with E-state index >= 15 is 0 Å². The van der Waals surface area contributed by atoms with Crippen LogP contribution < -0.4 is 5.32 Å². The molecule has 0 fully saturated rings. The van der Waals surface area contributed by atoms with Crippen molar-refractivity contribution < 1.29 is 19.3 Å². The van der Waals surface area contributed by atoms with Crippen LogP contribution in [0.2, 0.25) is 0 Å². The summed E-state index contributed by atoms with van der Waals surface area (Å²) < 4.78 is 0. The largest absolute Gasteiger partial charge is 0.399 e. The molecule has 0 bridgehead atoms. The lowest BCUT2D eigenvalue weighted by atomic mass is 10.0. The van der Waals surface area contributed by atoms with E-state index in [9.17, 15) is 4.79 Å². The van der Waals surface area contributed by atoms with Crippen LogP contribution in [0.15, 0.2) is 39.7 Å². The van der Waals surface area contributed by atoms with E-state index in [0.29, 0.717) is 17.0 Å². The molecule has 0 aliphatic rings. The highest BCUT2D eigenvalue weighted by molar-refractivity contribution is 6.45. The summed E-state index contributed by atoms with van der Waals surface area (Å²) >= 11 is 0. The minimum atomic E-state index is -0.355. The molecule has 0 saturated carbocycles. The van der Waals surface area contributed by atoms with Gasteiger partial charge >= 0.3 is 0 Å². The second kappa shape index (κ2) is 9.98. The molecule has 0 atom stereocenters. The lowest BCUT2D eigenvalue weighted by Gasteiger charge is -2.10. The van der Waals surface area contributed by atoms with E-state index in [-0.39, 0.29) is 18.2 Å². The summed E-state index contributed by atoms with van der Waals surface area (Å²) in [5.74, 6) is -0.355. The molecule has 8 nitrogen and oxygen atoms in total. The topological polar surface area (TPSA) is 93.9 Å². The zero-order valence-corrected chi connectivity index (χ0v) is 14.5. The van der Waals surface area contributed by atoms with Crippen molar-refractivity contribution in [1.29, 1.82) is 0 Å². The van der Waals surface area contributed by atoms with E-state index in [2.05, 4.69) is 25.6 Å². The SMILES string of the molecule is CNC(=O)/C(=N\OC)c1ccccc1CO/N=C(C)/C(C)=N\OC. The number of rotatable bonds is 8. The first-order valence-electron chi connectivity index (χ1n) is 7.21. The summed E-state index contributed by atoms with van der Waals surface area (Å²) in [6, 6.07) is 7.23. The summed E-state index contributed by atoms with van der Waals surface area (Å²) in [6.07, 6.45) is 0. The van der Waals surface area contributed by atoms with Gasteiger partial charge in [-0.25, -0.2) is 0 Å². The van der Waals surface area contributed by atoms with Gasteiger partial charge in [0.25, 0.3) is 5.91 Å². The van der Waals surface area contributed by atoms with Crippen LogP contribution in [0.4, 0.5) is 0 Å². The molecule has 24 heavy (non-hydrogen) atoms. The number of hydrogen-bond donors (Lipinski definition) is 1. The standard InChI is InChI=1S/C16H22N4O4/c1-11(18-22-4)12(2)19-24-10-13-8-6-7-9-14(13)15(20-23-5)16(21)17-3/h6-9H,10H2,1-5H3,(H,17,21)/b18-11-,19-12+,20-15-. The molecule has 1 rings (SSSR count). The van der Waals surface area contributed by atoms with Gasteiger partial charge in [-0.1, -0.05) is 39.7 Å². The van der Waals surface area contributed by atoms with Gasteiger partial charge in [0.2, 0.25) is 0 Å². The highest BCUT2D eigenvalue weighted by atomic mass is 16.6. The van der Waals surface area contributed by atoms with Crippen LogP contribution in [0.5, 0.6) is 0 Å². The molecule has 0 saturated heterocycles. The monoisotopic (exact) mass is 334 g/mol. The molecule has 0 aliphatic heterocycles. The van der Waals surface area contributed by atoms with E-state index in [1.165, 1.54) is 21.3 Å². The smallest absolute Gasteiger partial charge is 0.273 e. The minimum absolute atomic E-state index is 0.160. The predicted molar refractivity (Wildman–Crippen MR) is 92.1 cm³/mol. The second-order valence-electron chi connectivity index (χ2n) is 4.67. The van der Waals surface area contributed by atoms with Crippen LogP contribution in [-0.2, 0) is 25.9 Å². The molecule has 0 spiro atoms. The number of likely N-dealkylation sites (N-methyl/N-ethyl adjacent to an activating group) is 1. The van der Waals surface area contributed by atoms with Crippen LogP contribution in [0.1, 0.15) is 25.0 Å². The van der Waals surface area contributed by atoms with Crippen LogP contribution in [0, 0.1) is 0 Å². The molecule has 1 amide bonds. The zero-order valence-electron chi connectivity index (χ0n) is 14.5. The maximum Gasteiger partial charge on any atom is 0.273 e. The van der Waals surface area contributed by atoms with Crippen molar-refractivity contribution in [1.82, 2.24) is 5.32 Å². The Hall–Kier alpha value is -2.90. The fourth-order valence-electron chi connectivity index (χ4n) is 1.77. The summed E-state index contributed by atoms with van der Waals surface area (Å²) in [7, 11) is 4.37. The molecule has 0 heterocycles. The normalized spacial score (nSPS) is 12.6. The maximum absolute atomic E-state index is 12.0. The molecule has 1 aromatic carbocycles. The van der Waals surface area contributed by atoms with Gasteiger partial charge in [0.1, 0.15) is 32.2 Å². The molecule has 1 N–H and O–H groups in total.